The van der Waals surface area contributed by atoms with E-state index in [2.05, 4.69) is 28.4 Å². The van der Waals surface area contributed by atoms with Crippen molar-refractivity contribution in [2.75, 3.05) is 49.6 Å². The molecule has 0 unspecified atom stereocenters. The molecule has 1 saturated carbocycles. The van der Waals surface area contributed by atoms with Crippen LogP contribution in [0.4, 0.5) is 11.8 Å². The number of morpholine rings is 1. The summed E-state index contributed by atoms with van der Waals surface area (Å²) >= 11 is 0. The molecule has 1 aromatic heterocycles. The number of nitrogens with two attached hydrogens (primary N) is 1. The van der Waals surface area contributed by atoms with Crippen LogP contribution in [0, 0.1) is 11.8 Å². The lowest BCUT2D eigenvalue weighted by atomic mass is 9.82. The lowest BCUT2D eigenvalue weighted by Crippen LogP contribution is -2.37. The van der Waals surface area contributed by atoms with Gasteiger partial charge >= 0.3 is 0 Å². The van der Waals surface area contributed by atoms with Crippen LogP contribution >= 0.6 is 0 Å². The third kappa shape index (κ3) is 3.91. The molecule has 2 aromatic rings. The molecule has 1 aliphatic heterocycles. The number of hydrogen-bond acceptors (Lipinski definition) is 6. The summed E-state index contributed by atoms with van der Waals surface area (Å²) in [7, 11) is 0. The van der Waals surface area contributed by atoms with E-state index in [1.807, 2.05) is 6.07 Å². The van der Waals surface area contributed by atoms with E-state index in [0.29, 0.717) is 5.92 Å². The molecule has 0 amide bonds. The number of ether oxygens (including phenoxy) is 1. The lowest BCUT2D eigenvalue weighted by Gasteiger charge is -2.29. The average molecular weight is 355 g/mol. The molecule has 26 heavy (non-hydrogen) atoms. The standard InChI is InChI=1S/C20H29N5O/c21-13-15-5-7-16(8-6-15)14-22-20-23-18-4-2-1-3-17(18)19(24-20)25-9-11-26-12-10-25/h1-4,15-16H,5-14,21H2,(H,22,23,24). The van der Waals surface area contributed by atoms with Crippen LogP contribution in [0.25, 0.3) is 10.9 Å². The topological polar surface area (TPSA) is 76.3 Å². The molecule has 1 saturated heterocycles. The van der Waals surface area contributed by atoms with E-state index in [-0.39, 0.29) is 0 Å². The zero-order valence-corrected chi connectivity index (χ0v) is 15.4. The number of nitrogens with one attached hydrogen (secondary N) is 1. The van der Waals surface area contributed by atoms with Gasteiger partial charge in [0.05, 0.1) is 18.7 Å². The molecule has 4 rings (SSSR count). The van der Waals surface area contributed by atoms with Crippen LogP contribution in [0.3, 0.4) is 0 Å². The zero-order valence-electron chi connectivity index (χ0n) is 15.4. The summed E-state index contributed by atoms with van der Waals surface area (Å²) < 4.78 is 5.50. The number of para-hydroxylation sites is 1. The van der Waals surface area contributed by atoms with Gasteiger partial charge in [-0.3, -0.25) is 0 Å². The third-order valence-corrected chi connectivity index (χ3v) is 5.74. The van der Waals surface area contributed by atoms with E-state index >= 15 is 0 Å². The molecule has 2 fully saturated rings. The molecule has 0 bridgehead atoms. The van der Waals surface area contributed by atoms with Crippen LogP contribution in [0.5, 0.6) is 0 Å². The van der Waals surface area contributed by atoms with Crippen molar-refractivity contribution in [1.82, 2.24) is 9.97 Å². The average Bonchev–Trinajstić information content (AvgIpc) is 2.72. The Bertz CT molecular complexity index is 723. The number of benzene rings is 1. The van der Waals surface area contributed by atoms with Gasteiger partial charge in [0.1, 0.15) is 5.82 Å². The third-order valence-electron chi connectivity index (χ3n) is 5.74. The summed E-state index contributed by atoms with van der Waals surface area (Å²) in [6.45, 7) is 5.04. The number of rotatable bonds is 5. The van der Waals surface area contributed by atoms with Gasteiger partial charge in [0.15, 0.2) is 0 Å². The Morgan fingerprint density at radius 3 is 2.54 bits per heavy atom. The van der Waals surface area contributed by atoms with Crippen LogP contribution in [0.1, 0.15) is 25.7 Å². The normalized spacial score (nSPS) is 24.0. The molecule has 6 nitrogen and oxygen atoms in total. The fraction of sp³-hybridized carbons (Fsp3) is 0.600. The van der Waals surface area contributed by atoms with Crippen LogP contribution < -0.4 is 16.0 Å². The molecule has 140 valence electrons. The van der Waals surface area contributed by atoms with Crippen molar-refractivity contribution in [1.29, 1.82) is 0 Å². The van der Waals surface area contributed by atoms with Gasteiger partial charge in [0.2, 0.25) is 5.95 Å². The first-order valence-electron chi connectivity index (χ1n) is 9.87. The number of fused-ring (bicyclic) bond motifs is 1. The molecule has 2 aliphatic rings. The smallest absolute Gasteiger partial charge is 0.225 e. The summed E-state index contributed by atoms with van der Waals surface area (Å²) in [5, 5.41) is 4.62. The Labute approximate surface area is 155 Å². The predicted octanol–water partition coefficient (Wildman–Crippen LogP) is 2.64. The van der Waals surface area contributed by atoms with E-state index in [1.54, 1.807) is 0 Å². The first kappa shape index (κ1) is 17.5. The Morgan fingerprint density at radius 1 is 1.04 bits per heavy atom. The van der Waals surface area contributed by atoms with Gasteiger partial charge in [0, 0.05) is 25.0 Å². The highest BCUT2D eigenvalue weighted by Crippen LogP contribution is 2.29. The van der Waals surface area contributed by atoms with Crippen molar-refractivity contribution in [2.45, 2.75) is 25.7 Å². The second-order valence-corrected chi connectivity index (χ2v) is 7.49. The number of anilines is 2. The molecular weight excluding hydrogens is 326 g/mol. The van der Waals surface area contributed by atoms with Crippen molar-refractivity contribution in [2.24, 2.45) is 17.6 Å². The Kier molecular flexibility index (Phi) is 5.51. The molecular formula is C20H29N5O. The lowest BCUT2D eigenvalue weighted by molar-refractivity contribution is 0.122. The molecule has 2 heterocycles. The fourth-order valence-corrected chi connectivity index (χ4v) is 4.06. The van der Waals surface area contributed by atoms with Gasteiger partial charge < -0.3 is 20.7 Å². The van der Waals surface area contributed by atoms with Crippen molar-refractivity contribution in [3.63, 3.8) is 0 Å². The van der Waals surface area contributed by atoms with Crippen molar-refractivity contribution >= 4 is 22.7 Å². The van der Waals surface area contributed by atoms with Crippen LogP contribution in [-0.2, 0) is 4.74 Å². The maximum absolute atomic E-state index is 5.80. The maximum atomic E-state index is 5.80. The Hall–Kier alpha value is -1.92. The van der Waals surface area contributed by atoms with Crippen molar-refractivity contribution in [3.05, 3.63) is 24.3 Å². The van der Waals surface area contributed by atoms with E-state index < -0.39 is 0 Å². The highest BCUT2D eigenvalue weighted by Gasteiger charge is 2.21. The second kappa shape index (κ2) is 8.18. The molecule has 1 aromatic carbocycles. The fourth-order valence-electron chi connectivity index (χ4n) is 4.06. The van der Waals surface area contributed by atoms with Crippen molar-refractivity contribution in [3.8, 4) is 0 Å². The van der Waals surface area contributed by atoms with E-state index in [9.17, 15) is 0 Å². The number of nitrogens with zero attached hydrogens (tertiary/aromatic N) is 3. The van der Waals surface area contributed by atoms with Crippen LogP contribution in [0.15, 0.2) is 24.3 Å². The first-order valence-corrected chi connectivity index (χ1v) is 9.87. The summed E-state index contributed by atoms with van der Waals surface area (Å²) in [6, 6.07) is 8.27. The summed E-state index contributed by atoms with van der Waals surface area (Å²) in [5.74, 6) is 3.18. The highest BCUT2D eigenvalue weighted by atomic mass is 16.5. The van der Waals surface area contributed by atoms with Crippen molar-refractivity contribution < 1.29 is 4.74 Å². The summed E-state index contributed by atoms with van der Waals surface area (Å²) in [5.41, 5.74) is 6.80. The van der Waals surface area contributed by atoms with E-state index in [1.165, 1.54) is 25.7 Å². The van der Waals surface area contributed by atoms with Gasteiger partial charge in [-0.2, -0.15) is 4.98 Å². The Balaban J connectivity index is 1.50. The maximum Gasteiger partial charge on any atom is 0.225 e. The number of hydrogen-bond donors (Lipinski definition) is 2. The monoisotopic (exact) mass is 355 g/mol. The SMILES string of the molecule is NCC1CCC(CNc2nc(N3CCOCC3)c3ccccc3n2)CC1. The minimum atomic E-state index is 0.694. The largest absolute Gasteiger partial charge is 0.378 e. The molecule has 3 N–H and O–H groups in total. The Morgan fingerprint density at radius 2 is 1.77 bits per heavy atom. The molecule has 0 radical (unpaired) electrons. The second-order valence-electron chi connectivity index (χ2n) is 7.49. The predicted molar refractivity (Wildman–Crippen MR) is 106 cm³/mol. The minimum Gasteiger partial charge on any atom is -0.378 e. The molecule has 0 atom stereocenters. The van der Waals surface area contributed by atoms with Gasteiger partial charge in [-0.15, -0.1) is 0 Å². The molecule has 0 spiro atoms. The number of aromatic nitrogens is 2. The summed E-state index contributed by atoms with van der Waals surface area (Å²) in [6.07, 6.45) is 5.00. The highest BCUT2D eigenvalue weighted by molar-refractivity contribution is 5.90. The van der Waals surface area contributed by atoms with Gasteiger partial charge in [0.25, 0.3) is 0 Å². The molecule has 6 heteroatoms. The zero-order chi connectivity index (χ0) is 17.8. The van der Waals surface area contributed by atoms with E-state index in [4.69, 9.17) is 20.4 Å². The van der Waals surface area contributed by atoms with Crippen LogP contribution in [-0.4, -0.2) is 49.4 Å². The van der Waals surface area contributed by atoms with Gasteiger partial charge in [-0.05, 0) is 56.2 Å². The first-order chi connectivity index (χ1) is 12.8. The van der Waals surface area contributed by atoms with Gasteiger partial charge in [-0.25, -0.2) is 4.98 Å². The van der Waals surface area contributed by atoms with Gasteiger partial charge in [-0.1, -0.05) is 12.1 Å². The van der Waals surface area contributed by atoms with Crippen LogP contribution in [0.2, 0.25) is 0 Å². The quantitative estimate of drug-likeness (QED) is 0.859. The minimum absolute atomic E-state index is 0.694. The summed E-state index contributed by atoms with van der Waals surface area (Å²) in [4.78, 5) is 11.9. The van der Waals surface area contributed by atoms with E-state index in [0.717, 1.165) is 68.0 Å². The molecule has 1 aliphatic carbocycles.